The number of halogens is 1. The molecule has 108 valence electrons. The fourth-order valence-corrected chi connectivity index (χ4v) is 2.78. The van der Waals surface area contributed by atoms with Gasteiger partial charge in [0.2, 0.25) is 5.91 Å². The fourth-order valence-electron chi connectivity index (χ4n) is 2.54. The highest BCUT2D eigenvalue weighted by atomic mass is 35.5. The van der Waals surface area contributed by atoms with Crippen LogP contribution >= 0.6 is 11.6 Å². The molecule has 0 radical (unpaired) electrons. The third-order valence-corrected chi connectivity index (χ3v) is 4.38. The first-order chi connectivity index (χ1) is 9.65. The molecule has 1 aromatic rings. The Bertz CT molecular complexity index is 516. The highest BCUT2D eigenvalue weighted by Gasteiger charge is 2.26. The third kappa shape index (κ3) is 2.91. The maximum absolute atomic E-state index is 11.7. The van der Waals surface area contributed by atoms with Gasteiger partial charge in [-0.25, -0.2) is 0 Å². The van der Waals surface area contributed by atoms with E-state index in [0.29, 0.717) is 12.6 Å². The number of rotatable bonds is 4. The van der Waals surface area contributed by atoms with Crippen LogP contribution in [-0.4, -0.2) is 31.1 Å². The van der Waals surface area contributed by atoms with Gasteiger partial charge in [-0.1, -0.05) is 17.7 Å². The Labute approximate surface area is 124 Å². The number of nitrogens with zero attached hydrogens (tertiary/aromatic N) is 1. The lowest BCUT2D eigenvalue weighted by Crippen LogP contribution is -2.54. The lowest BCUT2D eigenvalue weighted by atomic mass is 10.1. The van der Waals surface area contributed by atoms with Crippen LogP contribution in [0.4, 0.5) is 5.69 Å². The van der Waals surface area contributed by atoms with Crippen molar-refractivity contribution in [2.24, 2.45) is 0 Å². The Balaban J connectivity index is 1.73. The van der Waals surface area contributed by atoms with E-state index in [1.165, 1.54) is 12.8 Å². The molecule has 2 aliphatic rings. The van der Waals surface area contributed by atoms with Crippen LogP contribution in [0.3, 0.4) is 0 Å². The fraction of sp³-hybridized carbons (Fsp3) is 0.533. The number of piperazine rings is 1. The SMILES string of the molecule is CC1C(=O)NCCN1c1ccc(CNC2CC2)c(Cl)c1. The van der Waals surface area contributed by atoms with Crippen molar-refractivity contribution in [3.8, 4) is 0 Å². The van der Waals surface area contributed by atoms with E-state index < -0.39 is 0 Å². The van der Waals surface area contributed by atoms with Crippen molar-refractivity contribution >= 4 is 23.2 Å². The zero-order valence-corrected chi connectivity index (χ0v) is 12.4. The van der Waals surface area contributed by atoms with E-state index in [9.17, 15) is 4.79 Å². The third-order valence-electron chi connectivity index (χ3n) is 4.03. The molecule has 2 N–H and O–H groups in total. The second-order valence-corrected chi connectivity index (χ2v) is 6.00. The molecule has 1 atom stereocenters. The number of hydrogen-bond donors (Lipinski definition) is 2. The molecule has 1 unspecified atom stereocenters. The monoisotopic (exact) mass is 293 g/mol. The number of amides is 1. The van der Waals surface area contributed by atoms with Gasteiger partial charge in [-0.2, -0.15) is 0 Å². The molecule has 4 nitrogen and oxygen atoms in total. The molecular formula is C15H20ClN3O. The zero-order chi connectivity index (χ0) is 14.1. The molecule has 0 aromatic heterocycles. The van der Waals surface area contributed by atoms with E-state index in [0.717, 1.165) is 29.4 Å². The molecule has 0 spiro atoms. The van der Waals surface area contributed by atoms with Crippen molar-refractivity contribution in [3.63, 3.8) is 0 Å². The van der Waals surface area contributed by atoms with Gasteiger partial charge in [0, 0.05) is 36.4 Å². The summed E-state index contributed by atoms with van der Waals surface area (Å²) in [6.07, 6.45) is 2.55. The van der Waals surface area contributed by atoms with E-state index >= 15 is 0 Å². The predicted molar refractivity (Wildman–Crippen MR) is 81.1 cm³/mol. The van der Waals surface area contributed by atoms with E-state index in [1.807, 2.05) is 13.0 Å². The first-order valence-corrected chi connectivity index (χ1v) is 7.59. The zero-order valence-electron chi connectivity index (χ0n) is 11.7. The van der Waals surface area contributed by atoms with Crippen LogP contribution in [0.1, 0.15) is 25.3 Å². The highest BCUT2D eigenvalue weighted by Crippen LogP contribution is 2.27. The summed E-state index contributed by atoms with van der Waals surface area (Å²) in [5.74, 6) is 0.0758. The van der Waals surface area contributed by atoms with Crippen molar-refractivity contribution in [2.45, 2.75) is 38.4 Å². The number of hydrogen-bond acceptors (Lipinski definition) is 3. The first-order valence-electron chi connectivity index (χ1n) is 7.21. The summed E-state index contributed by atoms with van der Waals surface area (Å²) in [5, 5.41) is 7.11. The Morgan fingerprint density at radius 3 is 2.95 bits per heavy atom. The molecule has 1 saturated carbocycles. The van der Waals surface area contributed by atoms with Gasteiger partial charge >= 0.3 is 0 Å². The summed E-state index contributed by atoms with van der Waals surface area (Å²) in [5.41, 5.74) is 2.14. The Hall–Kier alpha value is -1.26. The largest absolute Gasteiger partial charge is 0.358 e. The van der Waals surface area contributed by atoms with Crippen LogP contribution in [0, 0.1) is 0 Å². The van der Waals surface area contributed by atoms with Crippen LogP contribution in [0.5, 0.6) is 0 Å². The van der Waals surface area contributed by atoms with Crippen molar-refractivity contribution in [2.75, 3.05) is 18.0 Å². The molecule has 3 rings (SSSR count). The number of nitrogens with one attached hydrogen (secondary N) is 2. The topological polar surface area (TPSA) is 44.4 Å². The van der Waals surface area contributed by atoms with Gasteiger partial charge in [0.1, 0.15) is 6.04 Å². The van der Waals surface area contributed by atoms with Gasteiger partial charge < -0.3 is 15.5 Å². The average Bonchev–Trinajstić information content (AvgIpc) is 3.25. The quantitative estimate of drug-likeness (QED) is 0.891. The number of anilines is 1. The highest BCUT2D eigenvalue weighted by molar-refractivity contribution is 6.31. The second-order valence-electron chi connectivity index (χ2n) is 5.59. The first kappa shape index (κ1) is 13.7. The van der Waals surface area contributed by atoms with E-state index in [2.05, 4.69) is 27.7 Å². The van der Waals surface area contributed by atoms with Crippen molar-refractivity contribution in [3.05, 3.63) is 28.8 Å². The van der Waals surface area contributed by atoms with Crippen LogP contribution in [0.25, 0.3) is 0 Å². The van der Waals surface area contributed by atoms with Gasteiger partial charge in [-0.15, -0.1) is 0 Å². The van der Waals surface area contributed by atoms with Crippen molar-refractivity contribution < 1.29 is 4.79 Å². The van der Waals surface area contributed by atoms with E-state index in [4.69, 9.17) is 11.6 Å². The summed E-state index contributed by atoms with van der Waals surface area (Å²) in [4.78, 5) is 13.8. The van der Waals surface area contributed by atoms with Gasteiger partial charge in [0.25, 0.3) is 0 Å². The summed E-state index contributed by atoms with van der Waals surface area (Å²) >= 11 is 6.37. The van der Waals surface area contributed by atoms with Crippen molar-refractivity contribution in [1.29, 1.82) is 0 Å². The average molecular weight is 294 g/mol. The Morgan fingerprint density at radius 2 is 2.25 bits per heavy atom. The minimum absolute atomic E-state index is 0.0758. The molecule has 20 heavy (non-hydrogen) atoms. The standard InChI is InChI=1S/C15H20ClN3O/c1-10-15(20)17-6-7-19(10)13-5-2-11(14(16)8-13)9-18-12-3-4-12/h2,5,8,10,12,18H,3-4,6-7,9H2,1H3,(H,17,20). The summed E-state index contributed by atoms with van der Waals surface area (Å²) in [6, 6.07) is 6.63. The minimum atomic E-state index is -0.143. The smallest absolute Gasteiger partial charge is 0.242 e. The number of carbonyl (C=O) groups excluding carboxylic acids is 1. The minimum Gasteiger partial charge on any atom is -0.358 e. The Morgan fingerprint density at radius 1 is 1.45 bits per heavy atom. The molecule has 1 aliphatic heterocycles. The molecule has 0 bridgehead atoms. The second kappa shape index (κ2) is 5.62. The number of carbonyl (C=O) groups is 1. The molecule has 1 saturated heterocycles. The number of benzene rings is 1. The molecule has 5 heteroatoms. The van der Waals surface area contributed by atoms with Crippen molar-refractivity contribution in [1.82, 2.24) is 10.6 Å². The molecule has 1 amide bonds. The maximum Gasteiger partial charge on any atom is 0.242 e. The molecule has 1 aromatic carbocycles. The maximum atomic E-state index is 11.7. The predicted octanol–water partition coefficient (Wildman–Crippen LogP) is 1.92. The summed E-state index contributed by atoms with van der Waals surface area (Å²) < 4.78 is 0. The van der Waals surface area contributed by atoms with Crippen LogP contribution < -0.4 is 15.5 Å². The molecule has 2 fully saturated rings. The van der Waals surface area contributed by atoms with Gasteiger partial charge in [-0.3, -0.25) is 4.79 Å². The summed E-state index contributed by atoms with van der Waals surface area (Å²) in [6.45, 7) is 4.25. The van der Waals surface area contributed by atoms with Crippen LogP contribution in [-0.2, 0) is 11.3 Å². The normalized spacial score (nSPS) is 22.8. The lowest BCUT2D eigenvalue weighted by molar-refractivity contribution is -0.122. The molecule has 1 aliphatic carbocycles. The van der Waals surface area contributed by atoms with Gasteiger partial charge in [-0.05, 0) is 37.5 Å². The van der Waals surface area contributed by atoms with Gasteiger partial charge in [0.05, 0.1) is 0 Å². The molecular weight excluding hydrogens is 274 g/mol. The van der Waals surface area contributed by atoms with E-state index in [-0.39, 0.29) is 11.9 Å². The molecule has 1 heterocycles. The van der Waals surface area contributed by atoms with Crippen LogP contribution in [0.15, 0.2) is 18.2 Å². The van der Waals surface area contributed by atoms with Gasteiger partial charge in [0.15, 0.2) is 0 Å². The lowest BCUT2D eigenvalue weighted by Gasteiger charge is -2.34. The van der Waals surface area contributed by atoms with Crippen LogP contribution in [0.2, 0.25) is 5.02 Å². The van der Waals surface area contributed by atoms with E-state index in [1.54, 1.807) is 0 Å². The Kier molecular flexibility index (Phi) is 3.85. The summed E-state index contributed by atoms with van der Waals surface area (Å²) in [7, 11) is 0.